The normalized spacial score (nSPS) is 10.6. The van der Waals surface area contributed by atoms with Gasteiger partial charge < -0.3 is 5.32 Å². The van der Waals surface area contributed by atoms with E-state index >= 15 is 0 Å². The largest absolute Gasteiger partial charge is 0.305 e. The number of nitrogens with one attached hydrogen (secondary N) is 1. The van der Waals surface area contributed by atoms with Crippen molar-refractivity contribution in [3.8, 4) is 11.8 Å². The van der Waals surface area contributed by atoms with E-state index < -0.39 is 11.7 Å². The van der Waals surface area contributed by atoms with Crippen molar-refractivity contribution in [3.63, 3.8) is 0 Å². The molecule has 2 aromatic heterocycles. The summed E-state index contributed by atoms with van der Waals surface area (Å²) in [6, 6.07) is 16.5. The number of carbonyl (C=O) groups is 1. The van der Waals surface area contributed by atoms with Crippen LogP contribution in [0, 0.1) is 17.1 Å². The lowest BCUT2D eigenvalue weighted by atomic mass is 10.2. The average molecular weight is 362 g/mol. The lowest BCUT2D eigenvalue weighted by Gasteiger charge is -2.04. The Labute approximate surface area is 151 Å². The third-order valence-corrected chi connectivity index (χ3v) is 4.72. The molecule has 126 valence electrons. The Hall–Kier alpha value is -3.50. The Kier molecular flexibility index (Phi) is 3.95. The molecule has 0 aliphatic carbocycles. The molecule has 2 heterocycles. The van der Waals surface area contributed by atoms with Gasteiger partial charge in [0.05, 0.1) is 22.7 Å². The summed E-state index contributed by atoms with van der Waals surface area (Å²) in [5, 5.41) is 19.0. The van der Waals surface area contributed by atoms with Crippen LogP contribution in [0.4, 0.5) is 10.2 Å². The molecule has 0 saturated heterocycles. The summed E-state index contributed by atoms with van der Waals surface area (Å²) in [5.41, 5.74) is 1.46. The van der Waals surface area contributed by atoms with Crippen LogP contribution in [0.3, 0.4) is 0 Å². The maximum absolute atomic E-state index is 13.3. The van der Waals surface area contributed by atoms with E-state index in [9.17, 15) is 9.18 Å². The van der Waals surface area contributed by atoms with Gasteiger partial charge in [-0.1, -0.05) is 12.1 Å². The number of halogens is 1. The molecular formula is C19H11FN4OS. The number of fused-ring (bicyclic) bond motifs is 1. The number of nitrogens with zero attached hydrogens (tertiary/aromatic N) is 3. The first-order valence-corrected chi connectivity index (χ1v) is 8.57. The minimum Gasteiger partial charge on any atom is -0.305 e. The molecule has 1 N–H and O–H groups in total. The maximum Gasteiger partial charge on any atom is 0.256 e. The molecule has 0 radical (unpaired) electrons. The second kappa shape index (κ2) is 6.43. The fourth-order valence-corrected chi connectivity index (χ4v) is 3.50. The van der Waals surface area contributed by atoms with E-state index in [-0.39, 0.29) is 5.56 Å². The lowest BCUT2D eigenvalue weighted by Crippen LogP contribution is -2.13. The number of thiophene rings is 1. The topological polar surface area (TPSA) is 70.7 Å². The predicted octanol–water partition coefficient (Wildman–Crippen LogP) is 4.35. The Bertz CT molecular complexity index is 1170. The minimum atomic E-state index is -0.475. The van der Waals surface area contributed by atoms with E-state index in [2.05, 4.69) is 16.5 Å². The molecule has 1 amide bonds. The molecule has 0 saturated carbocycles. The fourth-order valence-electron chi connectivity index (χ4n) is 2.63. The fraction of sp³-hybridized carbons (Fsp3) is 0. The number of anilines is 1. The van der Waals surface area contributed by atoms with Gasteiger partial charge in [-0.05, 0) is 47.8 Å². The number of rotatable bonds is 3. The second-order valence-corrected chi connectivity index (χ2v) is 6.42. The summed E-state index contributed by atoms with van der Waals surface area (Å²) in [7, 11) is 0. The van der Waals surface area contributed by atoms with E-state index in [0.717, 1.165) is 15.9 Å². The predicted molar refractivity (Wildman–Crippen MR) is 98.0 cm³/mol. The number of aromatic nitrogens is 2. The zero-order valence-corrected chi connectivity index (χ0v) is 14.1. The Morgan fingerprint density at radius 2 is 2.04 bits per heavy atom. The molecule has 5 nitrogen and oxygen atoms in total. The summed E-state index contributed by atoms with van der Waals surface area (Å²) in [6.07, 6.45) is 0. The van der Waals surface area contributed by atoms with Gasteiger partial charge in [-0.2, -0.15) is 5.26 Å². The van der Waals surface area contributed by atoms with Gasteiger partial charge in [0.25, 0.3) is 5.91 Å². The zero-order valence-electron chi connectivity index (χ0n) is 13.3. The summed E-state index contributed by atoms with van der Waals surface area (Å²) in [5.74, 6) is -0.525. The molecule has 2 aromatic carbocycles. The maximum atomic E-state index is 13.3. The number of nitriles is 1. The first-order chi connectivity index (χ1) is 12.7. The molecule has 0 spiro atoms. The van der Waals surface area contributed by atoms with E-state index in [0.29, 0.717) is 11.4 Å². The van der Waals surface area contributed by atoms with E-state index in [1.54, 1.807) is 22.9 Å². The smallest absolute Gasteiger partial charge is 0.256 e. The van der Waals surface area contributed by atoms with Crippen LogP contribution in [0.1, 0.15) is 15.9 Å². The van der Waals surface area contributed by atoms with E-state index in [4.69, 9.17) is 5.26 Å². The van der Waals surface area contributed by atoms with Gasteiger partial charge >= 0.3 is 0 Å². The highest BCUT2D eigenvalue weighted by molar-refractivity contribution is 7.16. The van der Waals surface area contributed by atoms with Gasteiger partial charge in [-0.25, -0.2) is 9.07 Å². The summed E-state index contributed by atoms with van der Waals surface area (Å²) < 4.78 is 15.0. The van der Waals surface area contributed by atoms with Gasteiger partial charge in [0.15, 0.2) is 5.82 Å². The van der Waals surface area contributed by atoms with Crippen LogP contribution in [-0.4, -0.2) is 15.7 Å². The quantitative estimate of drug-likeness (QED) is 0.589. The van der Waals surface area contributed by atoms with Crippen molar-refractivity contribution < 1.29 is 9.18 Å². The zero-order chi connectivity index (χ0) is 18.1. The van der Waals surface area contributed by atoms with Crippen LogP contribution >= 0.6 is 11.3 Å². The number of hydrogen-bond donors (Lipinski definition) is 1. The highest BCUT2D eigenvalue weighted by Gasteiger charge is 2.16. The molecule has 4 aromatic rings. The SMILES string of the molecule is N#Cc1cccc(-n2nc(NC(=O)c3cccc(F)c3)c3ccsc32)c1. The second-order valence-electron chi connectivity index (χ2n) is 5.53. The van der Waals surface area contributed by atoms with Crippen LogP contribution < -0.4 is 5.32 Å². The van der Waals surface area contributed by atoms with Gasteiger partial charge in [0, 0.05) is 5.56 Å². The van der Waals surface area contributed by atoms with Crippen molar-refractivity contribution in [1.82, 2.24) is 9.78 Å². The standard InChI is InChI=1S/C19H11FN4OS/c20-14-5-2-4-13(10-14)18(25)22-17-16-7-8-26-19(16)24(23-17)15-6-1-3-12(9-15)11-21/h1-10H,(H,22,23,25). The van der Waals surface area contributed by atoms with Crippen molar-refractivity contribution in [2.24, 2.45) is 0 Å². The number of carbonyl (C=O) groups excluding carboxylic acids is 1. The minimum absolute atomic E-state index is 0.217. The number of hydrogen-bond acceptors (Lipinski definition) is 4. The molecule has 7 heteroatoms. The highest BCUT2D eigenvalue weighted by atomic mass is 32.1. The molecule has 0 fully saturated rings. The number of amides is 1. The monoisotopic (exact) mass is 362 g/mol. The Morgan fingerprint density at radius 3 is 2.85 bits per heavy atom. The van der Waals surface area contributed by atoms with Crippen molar-refractivity contribution in [1.29, 1.82) is 5.26 Å². The Morgan fingerprint density at radius 1 is 1.19 bits per heavy atom. The Balaban J connectivity index is 1.74. The lowest BCUT2D eigenvalue weighted by molar-refractivity contribution is 0.102. The highest BCUT2D eigenvalue weighted by Crippen LogP contribution is 2.30. The first kappa shape index (κ1) is 16.0. The number of benzene rings is 2. The average Bonchev–Trinajstić information content (AvgIpc) is 3.25. The van der Waals surface area contributed by atoms with Crippen molar-refractivity contribution >= 4 is 33.3 Å². The third kappa shape index (κ3) is 2.83. The van der Waals surface area contributed by atoms with Crippen molar-refractivity contribution in [3.05, 3.63) is 76.9 Å². The first-order valence-electron chi connectivity index (χ1n) is 7.69. The summed E-state index contributed by atoms with van der Waals surface area (Å²) >= 11 is 1.47. The molecular weight excluding hydrogens is 351 g/mol. The van der Waals surface area contributed by atoms with Gasteiger partial charge in [-0.15, -0.1) is 16.4 Å². The summed E-state index contributed by atoms with van der Waals surface area (Å²) in [6.45, 7) is 0. The van der Waals surface area contributed by atoms with Crippen LogP contribution in [0.25, 0.3) is 15.9 Å². The molecule has 0 atom stereocenters. The molecule has 0 aliphatic heterocycles. The van der Waals surface area contributed by atoms with E-state index in [1.165, 1.54) is 35.6 Å². The van der Waals surface area contributed by atoms with Crippen LogP contribution in [0.2, 0.25) is 0 Å². The van der Waals surface area contributed by atoms with Gasteiger partial charge in [0.1, 0.15) is 10.6 Å². The summed E-state index contributed by atoms with van der Waals surface area (Å²) in [4.78, 5) is 13.3. The van der Waals surface area contributed by atoms with E-state index in [1.807, 2.05) is 17.5 Å². The molecule has 0 bridgehead atoms. The van der Waals surface area contributed by atoms with Crippen molar-refractivity contribution in [2.45, 2.75) is 0 Å². The van der Waals surface area contributed by atoms with Gasteiger partial charge in [0.2, 0.25) is 0 Å². The van der Waals surface area contributed by atoms with Crippen molar-refractivity contribution in [2.75, 3.05) is 5.32 Å². The molecule has 4 rings (SSSR count). The van der Waals surface area contributed by atoms with Gasteiger partial charge in [-0.3, -0.25) is 4.79 Å². The molecule has 0 aliphatic rings. The molecule has 26 heavy (non-hydrogen) atoms. The molecule has 0 unspecified atom stereocenters. The van der Waals surface area contributed by atoms with Crippen LogP contribution in [0.15, 0.2) is 60.0 Å². The van der Waals surface area contributed by atoms with Crippen LogP contribution in [0.5, 0.6) is 0 Å². The third-order valence-electron chi connectivity index (χ3n) is 3.83. The van der Waals surface area contributed by atoms with Crippen LogP contribution in [-0.2, 0) is 0 Å².